The third-order valence-electron chi connectivity index (χ3n) is 7.22. The predicted molar refractivity (Wildman–Crippen MR) is 137 cm³/mol. The quantitative estimate of drug-likeness (QED) is 0.585. The molecule has 0 bridgehead atoms. The van der Waals surface area contributed by atoms with Crippen LogP contribution in [0.3, 0.4) is 0 Å². The fourth-order valence-corrected chi connectivity index (χ4v) is 7.23. The summed E-state index contributed by atoms with van der Waals surface area (Å²) in [5.41, 5.74) is 4.79. The van der Waals surface area contributed by atoms with Crippen LogP contribution in [0.5, 0.6) is 0 Å². The minimum Gasteiger partial charge on any atom is -0.355 e. The first kappa shape index (κ1) is 25.6. The number of piperidine rings is 1. The molecule has 2 aliphatic rings. The van der Waals surface area contributed by atoms with E-state index in [0.29, 0.717) is 18.7 Å². The van der Waals surface area contributed by atoms with Gasteiger partial charge < -0.3 is 9.42 Å². The van der Waals surface area contributed by atoms with Crippen LogP contribution in [0.15, 0.2) is 21.6 Å². The van der Waals surface area contributed by atoms with Gasteiger partial charge in [-0.15, -0.1) is 0 Å². The second-order valence-electron chi connectivity index (χ2n) is 10.0. The average molecular weight is 500 g/mol. The van der Waals surface area contributed by atoms with E-state index in [-0.39, 0.29) is 29.0 Å². The predicted octanol–water partition coefficient (Wildman–Crippen LogP) is 4.88. The maximum absolute atomic E-state index is 13.7. The summed E-state index contributed by atoms with van der Waals surface area (Å²) in [5, 5.41) is 3.98. The Morgan fingerprint density at radius 1 is 0.971 bits per heavy atom. The number of aryl methyl sites for hydroxylation is 4. The molecule has 0 saturated carbocycles. The first-order valence-corrected chi connectivity index (χ1v) is 14.1. The van der Waals surface area contributed by atoms with E-state index in [4.69, 9.17) is 4.52 Å². The summed E-state index contributed by atoms with van der Waals surface area (Å²) in [7, 11) is -3.86. The lowest BCUT2D eigenvalue weighted by Gasteiger charge is -2.34. The van der Waals surface area contributed by atoms with Gasteiger partial charge in [0, 0.05) is 26.2 Å². The Balaban J connectivity index is 1.57. The Hall–Kier alpha value is -2.45. The van der Waals surface area contributed by atoms with Crippen molar-refractivity contribution in [3.05, 3.63) is 45.8 Å². The lowest BCUT2D eigenvalue weighted by atomic mass is 9.98. The Kier molecular flexibility index (Phi) is 7.81. The monoisotopic (exact) mass is 499 g/mol. The first-order valence-electron chi connectivity index (χ1n) is 12.7. The first-order chi connectivity index (χ1) is 16.7. The summed E-state index contributed by atoms with van der Waals surface area (Å²) >= 11 is 0. The highest BCUT2D eigenvalue weighted by Crippen LogP contribution is 2.30. The van der Waals surface area contributed by atoms with Gasteiger partial charge in [0.15, 0.2) is 10.7 Å². The molecular weight excluding hydrogens is 462 g/mol. The number of rotatable bonds is 5. The van der Waals surface area contributed by atoms with Gasteiger partial charge in [-0.05, 0) is 76.1 Å². The van der Waals surface area contributed by atoms with Crippen molar-refractivity contribution in [1.82, 2.24) is 14.4 Å². The second-order valence-corrected chi connectivity index (χ2v) is 11.9. The molecule has 35 heavy (non-hydrogen) atoms. The third kappa shape index (κ3) is 5.54. The number of amides is 1. The smallest absolute Gasteiger partial charge is 0.248 e. The van der Waals surface area contributed by atoms with E-state index in [1.807, 2.05) is 24.8 Å². The Morgan fingerprint density at radius 2 is 1.63 bits per heavy atom. The molecule has 0 spiro atoms. The van der Waals surface area contributed by atoms with Crippen LogP contribution in [0.4, 0.5) is 0 Å². The zero-order valence-electron chi connectivity index (χ0n) is 21.3. The van der Waals surface area contributed by atoms with Gasteiger partial charge in [-0.2, -0.15) is 4.31 Å². The number of nitrogens with zero attached hydrogens (tertiary/aromatic N) is 3. The zero-order valence-corrected chi connectivity index (χ0v) is 22.2. The molecule has 1 aromatic heterocycles. The third-order valence-corrected chi connectivity index (χ3v) is 9.25. The van der Waals surface area contributed by atoms with Crippen molar-refractivity contribution < 1.29 is 17.7 Å². The maximum atomic E-state index is 13.7. The fraction of sp³-hybridized carbons (Fsp3) is 0.556. The van der Waals surface area contributed by atoms with E-state index < -0.39 is 10.0 Å². The molecule has 2 aromatic rings. The van der Waals surface area contributed by atoms with Crippen molar-refractivity contribution in [2.45, 2.75) is 71.1 Å². The number of hydrogen-bond acceptors (Lipinski definition) is 5. The Labute approximate surface area is 209 Å². The van der Waals surface area contributed by atoms with Crippen LogP contribution in [-0.2, 0) is 14.8 Å². The largest absolute Gasteiger partial charge is 0.355 e. The standard InChI is InChI=1S/C27H37N3O4S/c1-19-16-20(2)24(21(3)17-19)11-12-25-26(22(4)28-34-25)35(32,33)30-15-9-10-23(18-30)27(31)29-13-7-5-6-8-14-29/h11-12,16-17,23H,5-10,13-15,18H2,1-4H3/b12-11+/t23-/m1/s1. The second kappa shape index (κ2) is 10.7. The van der Waals surface area contributed by atoms with Gasteiger partial charge in [0.1, 0.15) is 5.69 Å². The molecule has 4 rings (SSSR count). The maximum Gasteiger partial charge on any atom is 0.248 e. The lowest BCUT2D eigenvalue weighted by molar-refractivity contribution is -0.136. The molecule has 1 atom stereocenters. The van der Waals surface area contributed by atoms with Gasteiger partial charge in [0.2, 0.25) is 15.9 Å². The van der Waals surface area contributed by atoms with Crippen molar-refractivity contribution in [3.8, 4) is 0 Å². The van der Waals surface area contributed by atoms with Gasteiger partial charge in [0.25, 0.3) is 0 Å². The number of aromatic nitrogens is 1. The van der Waals surface area contributed by atoms with E-state index in [9.17, 15) is 13.2 Å². The molecule has 1 amide bonds. The van der Waals surface area contributed by atoms with Crippen LogP contribution in [-0.4, -0.2) is 54.9 Å². The molecule has 0 radical (unpaired) electrons. The van der Waals surface area contributed by atoms with Gasteiger partial charge in [-0.3, -0.25) is 4.79 Å². The van der Waals surface area contributed by atoms with Crippen LogP contribution < -0.4 is 0 Å². The van der Waals surface area contributed by atoms with Crippen LogP contribution in [0.1, 0.15) is 72.2 Å². The van der Waals surface area contributed by atoms with Crippen LogP contribution in [0, 0.1) is 33.6 Å². The van der Waals surface area contributed by atoms with E-state index in [1.165, 1.54) is 9.87 Å². The SMILES string of the molecule is Cc1cc(C)c(/C=C/c2onc(C)c2S(=O)(=O)N2CCC[C@@H](C(=O)N3CCCCCC3)C2)c(C)c1. The highest BCUT2D eigenvalue weighted by atomic mass is 32.2. The molecule has 190 valence electrons. The average Bonchev–Trinajstić information content (AvgIpc) is 3.01. The molecule has 3 heterocycles. The summed E-state index contributed by atoms with van der Waals surface area (Å²) in [4.78, 5) is 15.2. The summed E-state index contributed by atoms with van der Waals surface area (Å²) in [6.07, 6.45) is 9.33. The van der Waals surface area contributed by atoms with Crippen LogP contribution in [0.25, 0.3) is 12.2 Å². The molecule has 0 N–H and O–H groups in total. The zero-order chi connectivity index (χ0) is 25.2. The molecule has 2 saturated heterocycles. The van der Waals surface area contributed by atoms with Gasteiger partial charge in [-0.25, -0.2) is 8.42 Å². The van der Waals surface area contributed by atoms with Gasteiger partial charge >= 0.3 is 0 Å². The number of benzene rings is 1. The molecule has 8 heteroatoms. The van der Waals surface area contributed by atoms with Gasteiger partial charge in [-0.1, -0.05) is 41.8 Å². The van der Waals surface area contributed by atoms with Crippen molar-refractivity contribution in [1.29, 1.82) is 0 Å². The number of carbonyl (C=O) groups excluding carboxylic acids is 1. The van der Waals surface area contributed by atoms with Crippen molar-refractivity contribution in [2.75, 3.05) is 26.2 Å². The van der Waals surface area contributed by atoms with Crippen LogP contribution >= 0.6 is 0 Å². The summed E-state index contributed by atoms with van der Waals surface area (Å²) in [6.45, 7) is 9.95. The van der Waals surface area contributed by atoms with Crippen molar-refractivity contribution in [3.63, 3.8) is 0 Å². The lowest BCUT2D eigenvalue weighted by Crippen LogP contribution is -2.47. The molecule has 0 aliphatic carbocycles. The Morgan fingerprint density at radius 3 is 2.29 bits per heavy atom. The Bertz CT molecular complexity index is 1180. The van der Waals surface area contributed by atoms with E-state index in [0.717, 1.165) is 61.9 Å². The highest BCUT2D eigenvalue weighted by Gasteiger charge is 2.38. The molecule has 0 unspecified atom stereocenters. The number of hydrogen-bond donors (Lipinski definition) is 0. The van der Waals surface area contributed by atoms with E-state index in [2.05, 4.69) is 24.2 Å². The van der Waals surface area contributed by atoms with Gasteiger partial charge in [0.05, 0.1) is 5.92 Å². The van der Waals surface area contributed by atoms with Crippen LogP contribution in [0.2, 0.25) is 0 Å². The summed E-state index contributed by atoms with van der Waals surface area (Å²) in [6, 6.07) is 4.20. The number of likely N-dealkylation sites (tertiary alicyclic amines) is 1. The molecule has 7 nitrogen and oxygen atoms in total. The highest BCUT2D eigenvalue weighted by molar-refractivity contribution is 7.89. The number of carbonyl (C=O) groups is 1. The number of sulfonamides is 1. The molecular formula is C27H37N3O4S. The summed E-state index contributed by atoms with van der Waals surface area (Å²) in [5.74, 6) is 0.0239. The fourth-order valence-electron chi connectivity index (χ4n) is 5.45. The van der Waals surface area contributed by atoms with Crippen molar-refractivity contribution >= 4 is 28.1 Å². The topological polar surface area (TPSA) is 83.7 Å². The van der Waals surface area contributed by atoms with E-state index in [1.54, 1.807) is 13.0 Å². The molecule has 1 aromatic carbocycles. The summed E-state index contributed by atoms with van der Waals surface area (Å²) < 4.78 is 34.4. The minimum absolute atomic E-state index is 0.0963. The minimum atomic E-state index is -3.86. The normalized spacial score (nSPS) is 20.3. The molecule has 2 fully saturated rings. The molecule has 2 aliphatic heterocycles. The van der Waals surface area contributed by atoms with Crippen molar-refractivity contribution in [2.24, 2.45) is 5.92 Å². The van der Waals surface area contributed by atoms with E-state index >= 15 is 0 Å².